The summed E-state index contributed by atoms with van der Waals surface area (Å²) in [7, 11) is 0. The van der Waals surface area contributed by atoms with Crippen molar-refractivity contribution in [2.45, 2.75) is 41.5 Å². The maximum atomic E-state index is 12.7. The Morgan fingerprint density at radius 3 is 2.49 bits per heavy atom. The van der Waals surface area contributed by atoms with E-state index in [2.05, 4.69) is 61.5 Å². The number of aliphatic hydroxyl groups is 1. The Balaban J connectivity index is 1.79. The fraction of sp³-hybridized carbons (Fsp3) is 0.241. The second kappa shape index (κ2) is 10.0. The molecule has 2 heterocycles. The summed E-state index contributed by atoms with van der Waals surface area (Å²) >= 11 is 1.28. The summed E-state index contributed by atoms with van der Waals surface area (Å²) in [4.78, 5) is 17.9. The molecule has 1 N–H and O–H groups in total. The lowest BCUT2D eigenvalue weighted by atomic mass is 10.1. The minimum Gasteiger partial charge on any atom is -0.506 e. The van der Waals surface area contributed by atoms with Gasteiger partial charge in [0, 0.05) is 17.1 Å². The molecule has 0 radical (unpaired) electrons. The van der Waals surface area contributed by atoms with E-state index in [0.717, 1.165) is 28.2 Å². The topological polar surface area (TPSA) is 63.8 Å². The molecular formula is C29H30N2O3S. The zero-order chi connectivity index (χ0) is 25.3. The quantitative estimate of drug-likeness (QED) is 0.387. The van der Waals surface area contributed by atoms with Crippen molar-refractivity contribution < 1.29 is 14.6 Å². The summed E-state index contributed by atoms with van der Waals surface area (Å²) in [5.41, 5.74) is 8.65. The van der Waals surface area contributed by atoms with Gasteiger partial charge in [-0.1, -0.05) is 41.6 Å². The highest BCUT2D eigenvalue weighted by atomic mass is 32.2. The molecule has 6 heteroatoms. The van der Waals surface area contributed by atoms with Gasteiger partial charge >= 0.3 is 5.97 Å². The highest BCUT2D eigenvalue weighted by Gasteiger charge is 2.33. The van der Waals surface area contributed by atoms with Crippen molar-refractivity contribution in [3.63, 3.8) is 0 Å². The first kappa shape index (κ1) is 24.6. The first-order valence-electron chi connectivity index (χ1n) is 11.6. The minimum atomic E-state index is -0.576. The molecule has 4 rings (SSSR count). The first-order chi connectivity index (χ1) is 16.7. The molecule has 0 spiro atoms. The van der Waals surface area contributed by atoms with Crippen LogP contribution in [0, 0.1) is 34.6 Å². The first-order valence-corrected chi connectivity index (χ1v) is 12.4. The number of thioether (sulfide) groups is 1. The molecule has 0 amide bonds. The van der Waals surface area contributed by atoms with Crippen molar-refractivity contribution >= 4 is 34.5 Å². The van der Waals surface area contributed by atoms with Crippen LogP contribution in [0.3, 0.4) is 0 Å². The molecule has 0 saturated carbocycles. The molecule has 35 heavy (non-hydrogen) atoms. The van der Waals surface area contributed by atoms with Gasteiger partial charge in [0.25, 0.3) is 0 Å². The van der Waals surface area contributed by atoms with E-state index < -0.39 is 5.97 Å². The number of ether oxygens (including phenoxy) is 1. The van der Waals surface area contributed by atoms with E-state index in [1.807, 2.05) is 37.3 Å². The number of aliphatic hydroxyl groups excluding tert-OH is 1. The van der Waals surface area contributed by atoms with Crippen LogP contribution in [-0.4, -0.2) is 27.3 Å². The maximum Gasteiger partial charge on any atom is 0.344 e. The molecule has 0 unspecified atom stereocenters. The van der Waals surface area contributed by atoms with Crippen LogP contribution in [0.4, 0.5) is 5.69 Å². The monoisotopic (exact) mass is 486 g/mol. The molecule has 180 valence electrons. The SMILES string of the molecule is CCOC(=O)C1=C(O)/C(=C/c2cc(C)n(-c3cccc(C)c3C)c2C)SC1=Nc1ccc(C)cc1. The molecule has 0 atom stereocenters. The second-order valence-corrected chi connectivity index (χ2v) is 9.72. The van der Waals surface area contributed by atoms with E-state index >= 15 is 0 Å². The largest absolute Gasteiger partial charge is 0.506 e. The molecule has 0 saturated heterocycles. The van der Waals surface area contributed by atoms with Crippen molar-refractivity contribution in [2.24, 2.45) is 4.99 Å². The number of aromatic nitrogens is 1. The van der Waals surface area contributed by atoms with Crippen LogP contribution >= 0.6 is 11.8 Å². The number of carbonyl (C=O) groups is 1. The molecule has 0 bridgehead atoms. The molecule has 0 aliphatic carbocycles. The van der Waals surface area contributed by atoms with E-state index in [0.29, 0.717) is 15.6 Å². The lowest BCUT2D eigenvalue weighted by Gasteiger charge is -2.14. The van der Waals surface area contributed by atoms with Crippen LogP contribution < -0.4 is 0 Å². The molecule has 1 aliphatic heterocycles. The van der Waals surface area contributed by atoms with Gasteiger partial charge in [0.15, 0.2) is 0 Å². The fourth-order valence-electron chi connectivity index (χ4n) is 4.15. The van der Waals surface area contributed by atoms with Crippen molar-refractivity contribution in [3.8, 4) is 5.69 Å². The molecular weight excluding hydrogens is 456 g/mol. The van der Waals surface area contributed by atoms with Crippen molar-refractivity contribution in [3.05, 3.63) is 98.4 Å². The predicted octanol–water partition coefficient (Wildman–Crippen LogP) is 7.21. The van der Waals surface area contributed by atoms with Gasteiger partial charge in [-0.3, -0.25) is 0 Å². The van der Waals surface area contributed by atoms with Crippen LogP contribution in [0.15, 0.2) is 69.8 Å². The van der Waals surface area contributed by atoms with Crippen LogP contribution in [0.1, 0.15) is 40.6 Å². The van der Waals surface area contributed by atoms with E-state index in [4.69, 9.17) is 4.74 Å². The van der Waals surface area contributed by atoms with Gasteiger partial charge < -0.3 is 14.4 Å². The van der Waals surface area contributed by atoms with E-state index in [1.54, 1.807) is 6.92 Å². The van der Waals surface area contributed by atoms with Crippen LogP contribution in [-0.2, 0) is 9.53 Å². The lowest BCUT2D eigenvalue weighted by molar-refractivity contribution is -0.138. The highest BCUT2D eigenvalue weighted by Crippen LogP contribution is 2.41. The standard InChI is InChI=1S/C29H30N2O3S/c1-7-34-29(33)26-27(32)25(35-28(26)30-23-13-11-17(2)12-14-23)16-22-15-19(4)31(21(22)6)24-10-8-9-18(3)20(24)5/h8-16,32H,7H2,1-6H3/b25-16-,30-28?. The maximum absolute atomic E-state index is 12.7. The van der Waals surface area contributed by atoms with Crippen LogP contribution in [0.2, 0.25) is 0 Å². The van der Waals surface area contributed by atoms with E-state index in [9.17, 15) is 9.90 Å². The Bertz CT molecular complexity index is 1390. The number of hydrogen-bond acceptors (Lipinski definition) is 5. The average molecular weight is 487 g/mol. The smallest absolute Gasteiger partial charge is 0.344 e. The molecule has 1 aliphatic rings. The number of aliphatic imine (C=N–C) groups is 1. The predicted molar refractivity (Wildman–Crippen MR) is 145 cm³/mol. The van der Waals surface area contributed by atoms with Gasteiger partial charge in [-0.25, -0.2) is 9.79 Å². The summed E-state index contributed by atoms with van der Waals surface area (Å²) in [5.74, 6) is -0.677. The Morgan fingerprint density at radius 2 is 1.80 bits per heavy atom. The Hall–Kier alpha value is -3.51. The summed E-state index contributed by atoms with van der Waals surface area (Å²) in [5, 5.41) is 11.5. The third kappa shape index (κ3) is 4.84. The van der Waals surface area contributed by atoms with Crippen molar-refractivity contribution in [1.82, 2.24) is 4.57 Å². The van der Waals surface area contributed by atoms with Gasteiger partial charge in [0.1, 0.15) is 16.4 Å². The molecule has 2 aromatic carbocycles. The zero-order valence-corrected chi connectivity index (χ0v) is 21.8. The summed E-state index contributed by atoms with van der Waals surface area (Å²) in [6.07, 6.45) is 1.92. The Morgan fingerprint density at radius 1 is 1.09 bits per heavy atom. The van der Waals surface area contributed by atoms with Crippen LogP contribution in [0.5, 0.6) is 0 Å². The summed E-state index contributed by atoms with van der Waals surface area (Å²) in [6, 6.07) is 16.1. The zero-order valence-electron chi connectivity index (χ0n) is 21.0. The Labute approximate surface area is 210 Å². The number of hydrogen-bond donors (Lipinski definition) is 1. The van der Waals surface area contributed by atoms with Gasteiger partial charge in [0.2, 0.25) is 0 Å². The molecule has 1 aromatic heterocycles. The van der Waals surface area contributed by atoms with Gasteiger partial charge in [-0.15, -0.1) is 0 Å². The van der Waals surface area contributed by atoms with Crippen molar-refractivity contribution in [1.29, 1.82) is 0 Å². The second-order valence-electron chi connectivity index (χ2n) is 8.69. The number of esters is 1. The van der Waals surface area contributed by atoms with Gasteiger partial charge in [-0.2, -0.15) is 0 Å². The minimum absolute atomic E-state index is 0.101. The van der Waals surface area contributed by atoms with E-state index in [-0.39, 0.29) is 17.9 Å². The van der Waals surface area contributed by atoms with E-state index in [1.165, 1.54) is 22.9 Å². The number of rotatable bonds is 5. The van der Waals surface area contributed by atoms with Gasteiger partial charge in [0.05, 0.1) is 17.2 Å². The average Bonchev–Trinajstić information content (AvgIpc) is 3.27. The molecule has 0 fully saturated rings. The highest BCUT2D eigenvalue weighted by molar-refractivity contribution is 8.18. The Kier molecular flexibility index (Phi) is 7.03. The molecule has 3 aromatic rings. The number of nitrogens with zero attached hydrogens (tertiary/aromatic N) is 2. The van der Waals surface area contributed by atoms with Crippen molar-refractivity contribution in [2.75, 3.05) is 6.61 Å². The summed E-state index contributed by atoms with van der Waals surface area (Å²) in [6.45, 7) is 12.3. The lowest BCUT2D eigenvalue weighted by Crippen LogP contribution is -2.12. The van der Waals surface area contributed by atoms with Gasteiger partial charge in [-0.05, 0) is 88.6 Å². The number of aryl methyl sites for hydroxylation is 3. The summed E-state index contributed by atoms with van der Waals surface area (Å²) < 4.78 is 7.45. The number of benzene rings is 2. The third-order valence-corrected chi connectivity index (χ3v) is 7.23. The fourth-order valence-corrected chi connectivity index (χ4v) is 5.18. The number of carbonyl (C=O) groups excluding carboxylic acids is 1. The molecule has 5 nitrogen and oxygen atoms in total. The normalized spacial score (nSPS) is 15.9. The van der Waals surface area contributed by atoms with Crippen LogP contribution in [0.25, 0.3) is 11.8 Å². The third-order valence-electron chi connectivity index (χ3n) is 6.21.